The molecule has 1 aromatic rings. The van der Waals surface area contributed by atoms with E-state index in [1.54, 1.807) is 6.07 Å². The lowest BCUT2D eigenvalue weighted by Gasteiger charge is -2.36. The largest absolute Gasteiger partial charge is 0.416 e. The highest BCUT2D eigenvalue weighted by molar-refractivity contribution is 7.80. The van der Waals surface area contributed by atoms with Crippen molar-refractivity contribution >= 4 is 29.1 Å². The van der Waals surface area contributed by atoms with Gasteiger partial charge in [-0.05, 0) is 43.9 Å². The number of alkyl halides is 3. The molecule has 1 aliphatic heterocycles. The van der Waals surface area contributed by atoms with Gasteiger partial charge in [-0.1, -0.05) is 18.3 Å². The van der Waals surface area contributed by atoms with Crippen molar-refractivity contribution < 1.29 is 13.2 Å². The van der Waals surface area contributed by atoms with E-state index in [4.69, 9.17) is 12.2 Å². The molecule has 0 amide bonds. The van der Waals surface area contributed by atoms with Crippen molar-refractivity contribution in [2.75, 3.05) is 5.32 Å². The minimum atomic E-state index is -4.34. The second kappa shape index (κ2) is 6.11. The summed E-state index contributed by atoms with van der Waals surface area (Å²) in [6, 6.07) is 5.16. The van der Waals surface area contributed by atoms with Gasteiger partial charge in [-0.2, -0.15) is 18.3 Å². The molecule has 0 bridgehead atoms. The van der Waals surface area contributed by atoms with E-state index in [1.165, 1.54) is 6.07 Å². The monoisotopic (exact) mass is 341 g/mol. The van der Waals surface area contributed by atoms with Crippen LogP contribution in [0.25, 0.3) is 0 Å². The minimum absolute atomic E-state index is 0.0717. The molecule has 124 valence electrons. The molecular weight excluding hydrogens is 323 g/mol. The predicted octanol–water partition coefficient (Wildman–Crippen LogP) is 4.35. The summed E-state index contributed by atoms with van der Waals surface area (Å²) in [6.45, 7) is 0. The van der Waals surface area contributed by atoms with Gasteiger partial charge in [0.15, 0.2) is 0 Å². The van der Waals surface area contributed by atoms with E-state index in [0.717, 1.165) is 44.2 Å². The lowest BCUT2D eigenvalue weighted by molar-refractivity contribution is -0.137. The van der Waals surface area contributed by atoms with Crippen LogP contribution in [0.3, 0.4) is 0 Å². The molecule has 1 fully saturated rings. The third-order valence-electron chi connectivity index (χ3n) is 4.65. The Kier molecular flexibility index (Phi) is 4.31. The highest BCUT2D eigenvalue weighted by Gasteiger charge is 2.37. The van der Waals surface area contributed by atoms with Crippen molar-refractivity contribution in [1.82, 2.24) is 5.43 Å². The highest BCUT2D eigenvalue weighted by atomic mass is 32.1. The Bertz CT molecular complexity index is 609. The summed E-state index contributed by atoms with van der Waals surface area (Å²) in [7, 11) is 0. The summed E-state index contributed by atoms with van der Waals surface area (Å²) < 4.78 is 38.2. The Morgan fingerprint density at radius 1 is 1.30 bits per heavy atom. The maximum atomic E-state index is 12.7. The van der Waals surface area contributed by atoms with Gasteiger partial charge in [-0.3, -0.25) is 0 Å². The van der Waals surface area contributed by atoms with Gasteiger partial charge in [-0.25, -0.2) is 0 Å². The van der Waals surface area contributed by atoms with Gasteiger partial charge in [0.2, 0.25) is 0 Å². The van der Waals surface area contributed by atoms with Crippen LogP contribution in [0.4, 0.5) is 18.9 Å². The van der Waals surface area contributed by atoms with E-state index in [9.17, 15) is 13.2 Å². The number of thiocarbonyl (C=S) groups is 1. The summed E-state index contributed by atoms with van der Waals surface area (Å²) in [5.74, 6) is 0.201. The third kappa shape index (κ3) is 3.65. The lowest BCUT2D eigenvalue weighted by Crippen LogP contribution is -2.43. The van der Waals surface area contributed by atoms with Gasteiger partial charge < -0.3 is 10.7 Å². The standard InChI is InChI=1S/C16H18F3N3S/c17-16(18,19)12-2-1-3-13(10-12)21-14(23)11-4-6-15(7-5-11)8-9-20-22-15/h1-3,9-11,22H,4-8H2,(H,21,23). The van der Waals surface area contributed by atoms with Crippen molar-refractivity contribution in [2.45, 2.75) is 43.8 Å². The average molecular weight is 341 g/mol. The number of halogens is 3. The molecule has 0 unspecified atom stereocenters. The van der Waals surface area contributed by atoms with Crippen LogP contribution < -0.4 is 10.7 Å². The SMILES string of the molecule is FC(F)(F)c1cccc(NC(=S)C2CCC3(CC=NN3)CC2)c1. The summed E-state index contributed by atoms with van der Waals surface area (Å²) >= 11 is 5.41. The smallest absolute Gasteiger partial charge is 0.350 e. The Morgan fingerprint density at radius 3 is 2.65 bits per heavy atom. The molecule has 0 aromatic heterocycles. The zero-order valence-electron chi connectivity index (χ0n) is 12.5. The fourth-order valence-electron chi connectivity index (χ4n) is 3.21. The Morgan fingerprint density at radius 2 is 2.04 bits per heavy atom. The Labute approximate surface area is 138 Å². The van der Waals surface area contributed by atoms with Crippen LogP contribution in [0.1, 0.15) is 37.7 Å². The highest BCUT2D eigenvalue weighted by Crippen LogP contribution is 2.37. The first kappa shape index (κ1) is 16.2. The molecule has 1 aromatic carbocycles. The second-order valence-electron chi connectivity index (χ2n) is 6.25. The number of anilines is 1. The number of benzene rings is 1. The zero-order valence-corrected chi connectivity index (χ0v) is 13.3. The predicted molar refractivity (Wildman–Crippen MR) is 88.6 cm³/mol. The molecular formula is C16H18F3N3S. The summed E-state index contributed by atoms with van der Waals surface area (Å²) in [6.07, 6.45) is 2.28. The fraction of sp³-hybridized carbons (Fsp3) is 0.500. The Hall–Kier alpha value is -1.63. The molecule has 2 aliphatic rings. The maximum absolute atomic E-state index is 12.7. The third-order valence-corrected chi connectivity index (χ3v) is 5.08. The van der Waals surface area contributed by atoms with Gasteiger partial charge in [0.1, 0.15) is 0 Å². The van der Waals surface area contributed by atoms with E-state index in [1.807, 2.05) is 6.21 Å². The first-order chi connectivity index (χ1) is 10.9. The van der Waals surface area contributed by atoms with Crippen molar-refractivity contribution in [3.8, 4) is 0 Å². The van der Waals surface area contributed by atoms with Gasteiger partial charge in [0, 0.05) is 24.2 Å². The number of hydrazone groups is 1. The molecule has 1 heterocycles. The van der Waals surface area contributed by atoms with Crippen LogP contribution in [0, 0.1) is 5.92 Å². The average Bonchev–Trinajstić information content (AvgIpc) is 2.95. The van der Waals surface area contributed by atoms with E-state index in [-0.39, 0.29) is 11.5 Å². The summed E-state index contributed by atoms with van der Waals surface area (Å²) in [5.41, 5.74) is 2.99. The van der Waals surface area contributed by atoms with Crippen molar-refractivity contribution in [3.63, 3.8) is 0 Å². The molecule has 0 atom stereocenters. The van der Waals surface area contributed by atoms with Crippen molar-refractivity contribution in [3.05, 3.63) is 29.8 Å². The van der Waals surface area contributed by atoms with E-state index < -0.39 is 11.7 Å². The summed E-state index contributed by atoms with van der Waals surface area (Å²) in [4.78, 5) is 0.623. The fourth-order valence-corrected chi connectivity index (χ4v) is 3.57. The normalized spacial score (nSPS) is 27.0. The van der Waals surface area contributed by atoms with Crippen LogP contribution in [0.15, 0.2) is 29.4 Å². The molecule has 23 heavy (non-hydrogen) atoms. The van der Waals surface area contributed by atoms with Crippen LogP contribution in [0.2, 0.25) is 0 Å². The molecule has 1 aliphatic carbocycles. The number of hydrogen-bond acceptors (Lipinski definition) is 3. The van der Waals surface area contributed by atoms with Crippen LogP contribution in [-0.2, 0) is 6.18 Å². The molecule has 3 rings (SSSR count). The van der Waals surface area contributed by atoms with Crippen LogP contribution in [0.5, 0.6) is 0 Å². The maximum Gasteiger partial charge on any atom is 0.416 e. The number of rotatable bonds is 2. The second-order valence-corrected chi connectivity index (χ2v) is 6.69. The topological polar surface area (TPSA) is 36.4 Å². The van der Waals surface area contributed by atoms with E-state index >= 15 is 0 Å². The zero-order chi connectivity index (χ0) is 16.5. The van der Waals surface area contributed by atoms with Gasteiger partial charge >= 0.3 is 6.18 Å². The molecule has 1 spiro atoms. The molecule has 2 N–H and O–H groups in total. The van der Waals surface area contributed by atoms with Gasteiger partial charge in [-0.15, -0.1) is 0 Å². The van der Waals surface area contributed by atoms with Crippen LogP contribution >= 0.6 is 12.2 Å². The van der Waals surface area contributed by atoms with Crippen LogP contribution in [-0.4, -0.2) is 16.7 Å². The molecule has 0 radical (unpaired) electrons. The quantitative estimate of drug-likeness (QED) is 0.785. The van der Waals surface area contributed by atoms with Gasteiger partial charge in [0.05, 0.1) is 16.1 Å². The first-order valence-corrected chi connectivity index (χ1v) is 8.06. The van der Waals surface area contributed by atoms with Crippen molar-refractivity contribution in [2.24, 2.45) is 11.0 Å². The number of nitrogens with one attached hydrogen (secondary N) is 2. The van der Waals surface area contributed by atoms with Crippen molar-refractivity contribution in [1.29, 1.82) is 0 Å². The Balaban J connectivity index is 1.60. The van der Waals surface area contributed by atoms with E-state index in [2.05, 4.69) is 15.8 Å². The van der Waals surface area contributed by atoms with Gasteiger partial charge in [0.25, 0.3) is 0 Å². The first-order valence-electron chi connectivity index (χ1n) is 7.65. The number of nitrogens with zero attached hydrogens (tertiary/aromatic N) is 1. The minimum Gasteiger partial charge on any atom is -0.350 e. The van der Waals surface area contributed by atoms with E-state index in [0.29, 0.717) is 10.7 Å². The molecule has 7 heteroatoms. The molecule has 0 saturated heterocycles. The summed E-state index contributed by atoms with van der Waals surface area (Å²) in [5, 5.41) is 7.08. The lowest BCUT2D eigenvalue weighted by atomic mass is 9.75. The molecule has 3 nitrogen and oxygen atoms in total. The number of hydrogen-bond donors (Lipinski definition) is 2. The molecule has 1 saturated carbocycles.